The van der Waals surface area contributed by atoms with E-state index in [1.807, 2.05) is 12.1 Å². The molecule has 0 spiro atoms. The van der Waals surface area contributed by atoms with E-state index >= 15 is 0 Å². The summed E-state index contributed by atoms with van der Waals surface area (Å²) in [4.78, 5) is 13.5. The SMILES string of the molecule is N#Cc1ccc(CSCC(=O)Nc2sc3c(c2C#N)CCCC3)cc1. The number of amides is 1. The first-order chi connectivity index (χ1) is 12.2. The van der Waals surface area contributed by atoms with Crippen LogP contribution < -0.4 is 5.32 Å². The Kier molecular flexibility index (Phi) is 5.75. The van der Waals surface area contributed by atoms with Gasteiger partial charge in [-0.2, -0.15) is 10.5 Å². The van der Waals surface area contributed by atoms with Gasteiger partial charge in [-0.15, -0.1) is 23.1 Å². The molecule has 6 heteroatoms. The predicted octanol–water partition coefficient (Wildman–Crippen LogP) is 4.24. The molecule has 0 bridgehead atoms. The third-order valence-corrected chi connectivity index (χ3v) is 6.33. The van der Waals surface area contributed by atoms with Crippen LogP contribution in [0.4, 0.5) is 5.00 Å². The van der Waals surface area contributed by atoms with Gasteiger partial charge in [0.05, 0.1) is 22.9 Å². The van der Waals surface area contributed by atoms with Gasteiger partial charge < -0.3 is 5.32 Å². The van der Waals surface area contributed by atoms with E-state index in [1.165, 1.54) is 16.6 Å². The maximum atomic E-state index is 12.2. The Morgan fingerprint density at radius 2 is 1.92 bits per heavy atom. The molecule has 4 nitrogen and oxygen atoms in total. The first-order valence-corrected chi connectivity index (χ1v) is 10.1. The molecular weight excluding hydrogens is 350 g/mol. The van der Waals surface area contributed by atoms with Crippen LogP contribution in [0, 0.1) is 22.7 Å². The molecule has 1 aliphatic carbocycles. The van der Waals surface area contributed by atoms with E-state index < -0.39 is 0 Å². The number of hydrogen-bond acceptors (Lipinski definition) is 5. The smallest absolute Gasteiger partial charge is 0.235 e. The molecule has 1 aromatic heterocycles. The highest BCUT2D eigenvalue weighted by Gasteiger charge is 2.21. The molecule has 1 N–H and O–H groups in total. The summed E-state index contributed by atoms with van der Waals surface area (Å²) in [7, 11) is 0. The van der Waals surface area contributed by atoms with Gasteiger partial charge in [-0.25, -0.2) is 0 Å². The molecule has 0 radical (unpaired) electrons. The molecule has 0 aliphatic heterocycles. The molecule has 0 saturated heterocycles. The Bertz CT molecular complexity index is 857. The van der Waals surface area contributed by atoms with Crippen LogP contribution in [-0.2, 0) is 23.4 Å². The summed E-state index contributed by atoms with van der Waals surface area (Å²) in [6.45, 7) is 0. The lowest BCUT2D eigenvalue weighted by atomic mass is 9.96. The highest BCUT2D eigenvalue weighted by atomic mass is 32.2. The van der Waals surface area contributed by atoms with Crippen molar-refractivity contribution in [3.8, 4) is 12.1 Å². The lowest BCUT2D eigenvalue weighted by Gasteiger charge is -2.09. The second kappa shape index (κ2) is 8.20. The van der Waals surface area contributed by atoms with Gasteiger partial charge in [0, 0.05) is 10.6 Å². The normalized spacial score (nSPS) is 12.7. The molecule has 2 aromatic rings. The predicted molar refractivity (Wildman–Crippen MR) is 102 cm³/mol. The Hall–Kier alpha value is -2.28. The summed E-state index contributed by atoms with van der Waals surface area (Å²) in [5, 5.41) is 21.8. The van der Waals surface area contributed by atoms with Gasteiger partial charge in [-0.3, -0.25) is 4.79 Å². The molecule has 1 heterocycles. The van der Waals surface area contributed by atoms with E-state index in [0.29, 0.717) is 27.6 Å². The Morgan fingerprint density at radius 3 is 2.64 bits per heavy atom. The van der Waals surface area contributed by atoms with Gasteiger partial charge in [0.15, 0.2) is 0 Å². The number of nitrogens with zero attached hydrogens (tertiary/aromatic N) is 2. The van der Waals surface area contributed by atoms with Crippen molar-refractivity contribution in [1.82, 2.24) is 0 Å². The van der Waals surface area contributed by atoms with E-state index in [4.69, 9.17) is 5.26 Å². The summed E-state index contributed by atoms with van der Waals surface area (Å²) < 4.78 is 0. The number of nitrogens with one attached hydrogen (secondary N) is 1. The summed E-state index contributed by atoms with van der Waals surface area (Å²) in [5.41, 5.74) is 3.52. The summed E-state index contributed by atoms with van der Waals surface area (Å²) in [6.07, 6.45) is 4.23. The van der Waals surface area contributed by atoms with Crippen molar-refractivity contribution in [2.24, 2.45) is 0 Å². The average molecular weight is 367 g/mol. The number of carbonyl (C=O) groups is 1. The number of rotatable bonds is 5. The number of nitriles is 2. The zero-order valence-electron chi connectivity index (χ0n) is 13.7. The lowest BCUT2D eigenvalue weighted by molar-refractivity contribution is -0.113. The molecule has 0 unspecified atom stereocenters. The number of fused-ring (bicyclic) bond motifs is 1. The van der Waals surface area contributed by atoms with Gasteiger partial charge in [0.1, 0.15) is 11.1 Å². The van der Waals surface area contributed by atoms with Crippen molar-refractivity contribution >= 4 is 34.0 Å². The van der Waals surface area contributed by atoms with Gasteiger partial charge in [0.25, 0.3) is 0 Å². The molecule has 1 aromatic carbocycles. The molecule has 0 atom stereocenters. The fraction of sp³-hybridized carbons (Fsp3) is 0.316. The van der Waals surface area contributed by atoms with Crippen molar-refractivity contribution in [2.45, 2.75) is 31.4 Å². The number of anilines is 1. The van der Waals surface area contributed by atoms with Crippen LogP contribution in [0.2, 0.25) is 0 Å². The Balaban J connectivity index is 1.55. The van der Waals surface area contributed by atoms with Crippen molar-refractivity contribution in [1.29, 1.82) is 10.5 Å². The van der Waals surface area contributed by atoms with Crippen LogP contribution in [0.5, 0.6) is 0 Å². The average Bonchev–Trinajstić information content (AvgIpc) is 2.99. The Morgan fingerprint density at radius 1 is 1.16 bits per heavy atom. The van der Waals surface area contributed by atoms with Crippen molar-refractivity contribution in [3.05, 3.63) is 51.4 Å². The van der Waals surface area contributed by atoms with Gasteiger partial charge in [-0.1, -0.05) is 12.1 Å². The quantitative estimate of drug-likeness (QED) is 0.857. The summed E-state index contributed by atoms with van der Waals surface area (Å²) >= 11 is 3.08. The summed E-state index contributed by atoms with van der Waals surface area (Å²) in [5.74, 6) is 0.979. The van der Waals surface area contributed by atoms with Crippen LogP contribution in [0.1, 0.15) is 40.0 Å². The number of carbonyl (C=O) groups excluding carboxylic acids is 1. The third kappa shape index (κ3) is 4.22. The monoisotopic (exact) mass is 367 g/mol. The summed E-state index contributed by atoms with van der Waals surface area (Å²) in [6, 6.07) is 11.7. The number of thiophene rings is 1. The second-order valence-electron chi connectivity index (χ2n) is 5.88. The minimum atomic E-state index is -0.0752. The minimum absolute atomic E-state index is 0.0752. The number of hydrogen-bond donors (Lipinski definition) is 1. The highest BCUT2D eigenvalue weighted by Crippen LogP contribution is 2.37. The zero-order chi connectivity index (χ0) is 17.6. The van der Waals surface area contributed by atoms with Crippen LogP contribution in [0.25, 0.3) is 0 Å². The van der Waals surface area contributed by atoms with Crippen LogP contribution in [0.15, 0.2) is 24.3 Å². The number of thioether (sulfide) groups is 1. The molecule has 1 amide bonds. The largest absolute Gasteiger partial charge is 0.316 e. The van der Waals surface area contributed by atoms with Crippen LogP contribution in [-0.4, -0.2) is 11.7 Å². The Labute approximate surface area is 155 Å². The topological polar surface area (TPSA) is 76.7 Å². The van der Waals surface area contributed by atoms with E-state index in [9.17, 15) is 10.1 Å². The van der Waals surface area contributed by atoms with E-state index in [2.05, 4.69) is 17.5 Å². The van der Waals surface area contributed by atoms with Gasteiger partial charge in [0.2, 0.25) is 5.91 Å². The maximum absolute atomic E-state index is 12.2. The minimum Gasteiger partial charge on any atom is -0.316 e. The molecule has 3 rings (SSSR count). The van der Waals surface area contributed by atoms with E-state index in [-0.39, 0.29) is 5.91 Å². The first-order valence-electron chi connectivity index (χ1n) is 8.12. The van der Waals surface area contributed by atoms with Gasteiger partial charge >= 0.3 is 0 Å². The second-order valence-corrected chi connectivity index (χ2v) is 7.97. The number of benzene rings is 1. The molecule has 25 heavy (non-hydrogen) atoms. The van der Waals surface area contributed by atoms with Crippen molar-refractivity contribution < 1.29 is 4.79 Å². The fourth-order valence-corrected chi connectivity index (χ4v) is 4.92. The van der Waals surface area contributed by atoms with E-state index in [1.54, 1.807) is 23.5 Å². The third-order valence-electron chi connectivity index (χ3n) is 4.12. The first kappa shape index (κ1) is 17.5. The molecular formula is C19H17N3OS2. The number of aryl methyl sites for hydroxylation is 1. The standard InChI is InChI=1S/C19H17N3OS2/c20-9-13-5-7-14(8-6-13)11-24-12-18(23)22-19-16(10-21)15-3-1-2-4-17(15)25-19/h5-8H,1-4,11-12H2,(H,22,23). The molecule has 0 saturated carbocycles. The highest BCUT2D eigenvalue weighted by molar-refractivity contribution is 7.99. The van der Waals surface area contributed by atoms with Crippen molar-refractivity contribution in [2.75, 3.05) is 11.1 Å². The van der Waals surface area contributed by atoms with Crippen LogP contribution >= 0.6 is 23.1 Å². The zero-order valence-corrected chi connectivity index (χ0v) is 15.3. The molecule has 126 valence electrons. The van der Waals surface area contributed by atoms with Crippen molar-refractivity contribution in [3.63, 3.8) is 0 Å². The maximum Gasteiger partial charge on any atom is 0.235 e. The molecule has 0 fully saturated rings. The van der Waals surface area contributed by atoms with E-state index in [0.717, 1.165) is 36.8 Å². The van der Waals surface area contributed by atoms with Gasteiger partial charge in [-0.05, 0) is 48.9 Å². The lowest BCUT2D eigenvalue weighted by Crippen LogP contribution is -2.14. The molecule has 1 aliphatic rings. The fourth-order valence-electron chi connectivity index (χ4n) is 2.87. The van der Waals surface area contributed by atoms with Crippen LogP contribution in [0.3, 0.4) is 0 Å².